The van der Waals surface area contributed by atoms with Crippen LogP contribution in [0.2, 0.25) is 0 Å². The second kappa shape index (κ2) is 8.37. The van der Waals surface area contributed by atoms with Crippen LogP contribution in [0, 0.1) is 0 Å². The third-order valence-corrected chi connectivity index (χ3v) is 5.16. The van der Waals surface area contributed by atoms with Gasteiger partial charge in [-0.2, -0.15) is 0 Å². The fraction of sp³-hybridized carbons (Fsp3) is 0.588. The number of unbranched alkanes of at least 4 members (excludes halogenated alkanes) is 7. The van der Waals surface area contributed by atoms with Gasteiger partial charge in [-0.05, 0) is 36.9 Å². The molecule has 1 unspecified atom stereocenters. The Morgan fingerprint density at radius 1 is 1.25 bits per heavy atom. The van der Waals surface area contributed by atoms with Crippen molar-refractivity contribution < 1.29 is 19.5 Å². The molecule has 0 aromatic rings. The Kier molecular flexibility index (Phi) is 6.48. The minimum atomic E-state index is -1.73. The van der Waals surface area contributed by atoms with E-state index in [1.54, 1.807) is 6.08 Å². The van der Waals surface area contributed by atoms with Gasteiger partial charge in [0, 0.05) is 0 Å². The molecule has 2 amide bonds. The maximum absolute atomic E-state index is 12.4. The van der Waals surface area contributed by atoms with E-state index in [-0.39, 0.29) is 0 Å². The van der Waals surface area contributed by atoms with E-state index in [2.05, 4.69) is 12.2 Å². The Bertz CT molecular complexity index is 573. The standard InChI is InChI=1S/C17H24N2O4S/c1-2-3-4-5-6-7-8-9-10-13-14(20)19(16(23)24-13)17(15(21)22)11-12-18-17/h10-12,18H,2-9H2,1H3,(H,21,22). The SMILES string of the molecule is CCCCCCCCCC=C1SC(=O)N(C2(C(=O)O)C=CN2)C1=O. The number of carboxylic acids is 1. The summed E-state index contributed by atoms with van der Waals surface area (Å²) in [4.78, 5) is 37.0. The van der Waals surface area contributed by atoms with E-state index >= 15 is 0 Å². The van der Waals surface area contributed by atoms with Crippen LogP contribution in [0.1, 0.15) is 58.3 Å². The van der Waals surface area contributed by atoms with Crippen molar-refractivity contribution in [3.8, 4) is 0 Å². The number of hydrogen-bond donors (Lipinski definition) is 2. The van der Waals surface area contributed by atoms with Crippen LogP contribution in [0.5, 0.6) is 0 Å². The van der Waals surface area contributed by atoms with Crippen LogP contribution >= 0.6 is 11.8 Å². The molecule has 1 fully saturated rings. The van der Waals surface area contributed by atoms with Gasteiger partial charge in [-0.1, -0.05) is 51.5 Å². The molecular formula is C17H24N2O4S. The maximum Gasteiger partial charge on any atom is 0.355 e. The number of nitrogens with one attached hydrogen (secondary N) is 1. The molecule has 1 atom stereocenters. The number of rotatable bonds is 10. The van der Waals surface area contributed by atoms with Gasteiger partial charge in [0.2, 0.25) is 5.66 Å². The van der Waals surface area contributed by atoms with Crippen molar-refractivity contribution in [3.05, 3.63) is 23.3 Å². The summed E-state index contributed by atoms with van der Waals surface area (Å²) in [6.07, 6.45) is 13.5. The van der Waals surface area contributed by atoms with E-state index in [0.29, 0.717) is 4.91 Å². The number of hydrogen-bond acceptors (Lipinski definition) is 5. The number of aliphatic carboxylic acids is 1. The smallest absolute Gasteiger partial charge is 0.355 e. The normalized spacial score (nSPS) is 24.4. The highest BCUT2D eigenvalue weighted by Gasteiger charge is 2.55. The number of nitrogens with zero attached hydrogens (tertiary/aromatic N) is 1. The molecule has 0 aromatic heterocycles. The van der Waals surface area contributed by atoms with Crippen LogP contribution in [0.4, 0.5) is 4.79 Å². The lowest BCUT2D eigenvalue weighted by Crippen LogP contribution is -2.66. The fourth-order valence-electron chi connectivity index (χ4n) is 2.75. The van der Waals surface area contributed by atoms with E-state index in [1.807, 2.05) is 0 Å². The average molecular weight is 352 g/mol. The molecule has 0 bridgehead atoms. The van der Waals surface area contributed by atoms with Crippen LogP contribution in [0.15, 0.2) is 23.3 Å². The largest absolute Gasteiger partial charge is 0.478 e. The molecule has 2 heterocycles. The van der Waals surface area contributed by atoms with Crippen LogP contribution < -0.4 is 5.32 Å². The van der Waals surface area contributed by atoms with Gasteiger partial charge in [-0.15, -0.1) is 0 Å². The molecular weight excluding hydrogens is 328 g/mol. The van der Waals surface area contributed by atoms with Gasteiger partial charge in [0.1, 0.15) is 0 Å². The summed E-state index contributed by atoms with van der Waals surface area (Å²) in [5.74, 6) is -1.80. The number of carboxylic acid groups (broad SMARTS) is 1. The average Bonchev–Trinajstić information content (AvgIpc) is 2.77. The van der Waals surface area contributed by atoms with Crippen molar-refractivity contribution >= 4 is 28.9 Å². The third-order valence-electron chi connectivity index (χ3n) is 4.24. The van der Waals surface area contributed by atoms with Crippen molar-refractivity contribution in [3.63, 3.8) is 0 Å². The van der Waals surface area contributed by atoms with Gasteiger partial charge in [0.15, 0.2) is 0 Å². The first-order valence-corrected chi connectivity index (χ1v) is 9.30. The summed E-state index contributed by atoms with van der Waals surface area (Å²) < 4.78 is 0. The predicted molar refractivity (Wildman–Crippen MR) is 93.2 cm³/mol. The number of imide groups is 1. The van der Waals surface area contributed by atoms with Gasteiger partial charge in [0.25, 0.3) is 11.1 Å². The molecule has 0 aromatic carbocycles. The zero-order valence-corrected chi connectivity index (χ0v) is 14.7. The van der Waals surface area contributed by atoms with Crippen molar-refractivity contribution in [1.29, 1.82) is 0 Å². The number of allylic oxidation sites excluding steroid dienone is 1. The summed E-state index contributed by atoms with van der Waals surface area (Å²) >= 11 is 0.812. The summed E-state index contributed by atoms with van der Waals surface area (Å²) in [6.45, 7) is 2.19. The van der Waals surface area contributed by atoms with Crippen molar-refractivity contribution in [2.75, 3.05) is 0 Å². The van der Waals surface area contributed by atoms with E-state index in [1.165, 1.54) is 44.4 Å². The van der Waals surface area contributed by atoms with Gasteiger partial charge in [-0.3, -0.25) is 9.59 Å². The van der Waals surface area contributed by atoms with Crippen molar-refractivity contribution in [2.24, 2.45) is 0 Å². The van der Waals surface area contributed by atoms with Crippen LogP contribution in [0.25, 0.3) is 0 Å². The van der Waals surface area contributed by atoms with Gasteiger partial charge < -0.3 is 10.4 Å². The first-order chi connectivity index (χ1) is 11.5. The first kappa shape index (κ1) is 18.6. The van der Waals surface area contributed by atoms with Crippen LogP contribution in [-0.4, -0.2) is 32.8 Å². The fourth-order valence-corrected chi connectivity index (χ4v) is 3.64. The highest BCUT2D eigenvalue weighted by atomic mass is 32.2. The van der Waals surface area contributed by atoms with Crippen LogP contribution in [0.3, 0.4) is 0 Å². The molecule has 1 saturated heterocycles. The minimum absolute atomic E-state index is 0.328. The van der Waals surface area contributed by atoms with Gasteiger partial charge >= 0.3 is 5.97 Å². The van der Waals surface area contributed by atoms with E-state index in [4.69, 9.17) is 0 Å². The molecule has 2 aliphatic rings. The molecule has 7 heteroatoms. The Morgan fingerprint density at radius 3 is 2.42 bits per heavy atom. The Labute approximate surface area is 146 Å². The summed E-state index contributed by atoms with van der Waals surface area (Å²) in [5, 5.41) is 11.3. The van der Waals surface area contributed by atoms with E-state index < -0.39 is 22.8 Å². The molecule has 2 N–H and O–H groups in total. The lowest BCUT2D eigenvalue weighted by atomic mass is 10.0. The molecule has 2 aliphatic heterocycles. The first-order valence-electron chi connectivity index (χ1n) is 8.48. The number of carbonyl (C=O) groups is 3. The predicted octanol–water partition coefficient (Wildman–Crippen LogP) is 3.60. The Balaban J connectivity index is 1.83. The topological polar surface area (TPSA) is 86.7 Å². The second-order valence-corrected chi connectivity index (χ2v) is 7.03. The number of thioether (sulfide) groups is 1. The summed E-state index contributed by atoms with van der Waals surface area (Å²) in [6, 6.07) is 0. The van der Waals surface area contributed by atoms with E-state index in [0.717, 1.165) is 35.9 Å². The van der Waals surface area contributed by atoms with Gasteiger partial charge in [0.05, 0.1) is 4.91 Å². The quantitative estimate of drug-likeness (QED) is 0.461. The molecule has 6 nitrogen and oxygen atoms in total. The zero-order valence-electron chi connectivity index (χ0n) is 13.9. The van der Waals surface area contributed by atoms with E-state index in [9.17, 15) is 19.5 Å². The molecule has 132 valence electrons. The Hall–Kier alpha value is -1.76. The number of carbonyl (C=O) groups excluding carboxylic acids is 2. The third kappa shape index (κ3) is 3.83. The monoisotopic (exact) mass is 352 g/mol. The lowest BCUT2D eigenvalue weighted by molar-refractivity contribution is -0.153. The lowest BCUT2D eigenvalue weighted by Gasteiger charge is -2.38. The van der Waals surface area contributed by atoms with Crippen molar-refractivity contribution in [2.45, 2.75) is 64.0 Å². The number of amides is 2. The molecule has 0 spiro atoms. The molecule has 24 heavy (non-hydrogen) atoms. The summed E-state index contributed by atoms with van der Waals surface area (Å²) in [5.41, 5.74) is -1.73. The Morgan fingerprint density at radius 2 is 1.88 bits per heavy atom. The second-order valence-electron chi connectivity index (χ2n) is 6.04. The molecule has 0 saturated carbocycles. The molecule has 0 radical (unpaired) electrons. The highest BCUT2D eigenvalue weighted by molar-refractivity contribution is 8.18. The van der Waals surface area contributed by atoms with Crippen LogP contribution in [-0.2, 0) is 9.59 Å². The minimum Gasteiger partial charge on any atom is -0.478 e. The zero-order chi connectivity index (χ0) is 17.6. The van der Waals surface area contributed by atoms with Gasteiger partial charge in [-0.25, -0.2) is 9.69 Å². The highest BCUT2D eigenvalue weighted by Crippen LogP contribution is 2.37. The maximum atomic E-state index is 12.4. The molecule has 0 aliphatic carbocycles. The molecule has 2 rings (SSSR count). The van der Waals surface area contributed by atoms with Crippen molar-refractivity contribution in [1.82, 2.24) is 10.2 Å². The summed E-state index contributed by atoms with van der Waals surface area (Å²) in [7, 11) is 0.